The zero-order valence-corrected chi connectivity index (χ0v) is 15.5. The summed E-state index contributed by atoms with van der Waals surface area (Å²) >= 11 is 0. The van der Waals surface area contributed by atoms with Gasteiger partial charge in [-0.2, -0.15) is 0 Å². The van der Waals surface area contributed by atoms with Crippen LogP contribution in [0.2, 0.25) is 0 Å². The van der Waals surface area contributed by atoms with Gasteiger partial charge in [-0.3, -0.25) is 0 Å². The van der Waals surface area contributed by atoms with Gasteiger partial charge in [-0.15, -0.1) is 0 Å². The molecule has 0 aromatic heterocycles. The second kappa shape index (κ2) is 5.71. The largest absolute Gasteiger partial charge is 0.452 e. The Morgan fingerprint density at radius 1 is 1.00 bits per heavy atom. The quantitative estimate of drug-likeness (QED) is 0.525. The molecule has 0 radical (unpaired) electrons. The van der Waals surface area contributed by atoms with E-state index in [9.17, 15) is 4.79 Å². The van der Waals surface area contributed by atoms with Crippen molar-refractivity contribution in [1.82, 2.24) is 0 Å². The maximum absolute atomic E-state index is 12.4. The Morgan fingerprint density at radius 3 is 2.50 bits per heavy atom. The van der Waals surface area contributed by atoms with E-state index >= 15 is 0 Å². The van der Waals surface area contributed by atoms with E-state index in [1.54, 1.807) is 32.0 Å². The van der Waals surface area contributed by atoms with E-state index < -0.39 is 23.6 Å². The lowest BCUT2D eigenvalue weighted by Crippen LogP contribution is -2.39. The molecule has 3 aliphatic heterocycles. The Kier molecular flexibility index (Phi) is 3.81. The van der Waals surface area contributed by atoms with Gasteiger partial charge < -0.3 is 23.7 Å². The van der Waals surface area contributed by atoms with E-state index in [0.29, 0.717) is 16.9 Å². The molecule has 1 aromatic rings. The minimum atomic E-state index is -0.992. The number of carbonyl (C=O) groups is 1. The van der Waals surface area contributed by atoms with Gasteiger partial charge in [0.25, 0.3) is 0 Å². The van der Waals surface area contributed by atoms with Gasteiger partial charge in [0.15, 0.2) is 5.79 Å². The van der Waals surface area contributed by atoms with Crippen LogP contribution >= 0.6 is 0 Å². The fraction of sp³-hybridized carbons (Fsp3) is 0.550. The summed E-state index contributed by atoms with van der Waals surface area (Å²) in [6, 6.07) is 5.31. The van der Waals surface area contributed by atoms with Crippen LogP contribution in [-0.2, 0) is 18.9 Å². The highest BCUT2D eigenvalue weighted by molar-refractivity contribution is 5.96. The lowest BCUT2D eigenvalue weighted by atomic mass is 10.0. The average Bonchev–Trinajstić information content (AvgIpc) is 2.98. The predicted molar refractivity (Wildman–Crippen MR) is 91.6 cm³/mol. The van der Waals surface area contributed by atoms with Crippen molar-refractivity contribution in [3.63, 3.8) is 0 Å². The van der Waals surface area contributed by atoms with Crippen LogP contribution < -0.4 is 4.74 Å². The third-order valence-electron chi connectivity index (χ3n) is 4.56. The molecule has 0 aliphatic carbocycles. The van der Waals surface area contributed by atoms with Crippen molar-refractivity contribution in [2.24, 2.45) is 0 Å². The van der Waals surface area contributed by atoms with Crippen molar-refractivity contribution < 1.29 is 28.5 Å². The highest BCUT2D eigenvalue weighted by Crippen LogP contribution is 2.38. The van der Waals surface area contributed by atoms with Crippen LogP contribution in [0.3, 0.4) is 0 Å². The lowest BCUT2D eigenvalue weighted by Gasteiger charge is -2.31. The van der Waals surface area contributed by atoms with Gasteiger partial charge >= 0.3 is 5.97 Å². The molecular weight excluding hydrogens is 336 g/mol. The molecule has 2 fully saturated rings. The number of ether oxygens (including phenoxy) is 5. The van der Waals surface area contributed by atoms with Crippen LogP contribution in [0, 0.1) is 11.8 Å². The van der Waals surface area contributed by atoms with Crippen molar-refractivity contribution in [3.8, 4) is 17.6 Å². The van der Waals surface area contributed by atoms with Gasteiger partial charge in [0, 0.05) is 19.4 Å². The van der Waals surface area contributed by atoms with E-state index in [1.165, 1.54) is 0 Å². The fourth-order valence-electron chi connectivity index (χ4n) is 3.56. The van der Waals surface area contributed by atoms with E-state index in [1.807, 2.05) is 20.8 Å². The Balaban J connectivity index is 1.63. The highest BCUT2D eigenvalue weighted by atomic mass is 16.8. The molecule has 0 bridgehead atoms. The van der Waals surface area contributed by atoms with Gasteiger partial charge in [-0.05, 0) is 32.9 Å². The molecule has 138 valence electrons. The van der Waals surface area contributed by atoms with Crippen molar-refractivity contribution in [2.75, 3.05) is 0 Å². The number of fused-ring (bicyclic) bond motifs is 2. The summed E-state index contributed by atoms with van der Waals surface area (Å²) in [5.74, 6) is 4.51. The fourth-order valence-corrected chi connectivity index (χ4v) is 3.56. The minimum Gasteiger partial charge on any atom is -0.452 e. The first kappa shape index (κ1) is 17.3. The summed E-state index contributed by atoms with van der Waals surface area (Å²) in [4.78, 5) is 12.4. The molecule has 6 heteroatoms. The Hall–Kier alpha value is -2.07. The van der Waals surface area contributed by atoms with E-state index in [2.05, 4.69) is 11.8 Å². The Morgan fingerprint density at radius 2 is 1.73 bits per heavy atom. The Labute approximate surface area is 152 Å². The summed E-state index contributed by atoms with van der Waals surface area (Å²) in [5, 5.41) is 0. The van der Waals surface area contributed by atoms with E-state index in [0.717, 1.165) is 0 Å². The smallest absolute Gasteiger partial charge is 0.346 e. The third-order valence-corrected chi connectivity index (χ3v) is 4.56. The van der Waals surface area contributed by atoms with Crippen LogP contribution in [0.1, 0.15) is 50.5 Å². The summed E-state index contributed by atoms with van der Waals surface area (Å²) in [7, 11) is 0. The number of cyclic esters (lactones) is 1. The van der Waals surface area contributed by atoms with Crippen LogP contribution in [0.5, 0.6) is 5.75 Å². The first-order valence-corrected chi connectivity index (χ1v) is 8.73. The number of rotatable bonds is 0. The number of hydrogen-bond acceptors (Lipinski definition) is 6. The molecule has 0 saturated carbocycles. The van der Waals surface area contributed by atoms with Gasteiger partial charge in [0.1, 0.15) is 29.6 Å². The summed E-state index contributed by atoms with van der Waals surface area (Å²) in [6.45, 7) is 9.09. The topological polar surface area (TPSA) is 63.2 Å². The Bertz CT molecular complexity index is 815. The van der Waals surface area contributed by atoms with E-state index in [4.69, 9.17) is 23.7 Å². The van der Waals surface area contributed by atoms with Gasteiger partial charge in [0.2, 0.25) is 5.79 Å². The maximum atomic E-state index is 12.4. The molecule has 2 saturated heterocycles. The van der Waals surface area contributed by atoms with Crippen molar-refractivity contribution in [3.05, 3.63) is 29.3 Å². The number of benzene rings is 1. The SMILES string of the molecule is C[C@@H]1O[C@H](C#Cc2cccc3c2C(=O)OC(C)(C)O3)[C@H]2OC(C)(C)O[C@H]21. The predicted octanol–water partition coefficient (Wildman–Crippen LogP) is 2.63. The normalized spacial score (nSPS) is 33.3. The molecule has 3 heterocycles. The lowest BCUT2D eigenvalue weighted by molar-refractivity contribution is -0.179. The van der Waals surface area contributed by atoms with Gasteiger partial charge in [0.05, 0.1) is 6.10 Å². The van der Waals surface area contributed by atoms with E-state index in [-0.39, 0.29) is 18.3 Å². The van der Waals surface area contributed by atoms with Crippen molar-refractivity contribution in [2.45, 2.75) is 70.6 Å². The monoisotopic (exact) mass is 358 g/mol. The standard InChI is InChI=1S/C20H22O6/c1-11-16-17(25-20(4,5)24-16)14(22-11)10-9-12-7-6-8-13-15(12)18(21)26-19(2,3)23-13/h6-8,11,14,16-17H,1-5H3/t11-,14+,16-,17+/m0/s1. The number of hydrogen-bond donors (Lipinski definition) is 0. The second-order valence-corrected chi connectivity index (χ2v) is 7.67. The molecule has 0 spiro atoms. The molecule has 3 aliphatic rings. The number of esters is 1. The molecule has 0 amide bonds. The van der Waals surface area contributed by atoms with Crippen LogP contribution in [0.4, 0.5) is 0 Å². The van der Waals surface area contributed by atoms with Crippen molar-refractivity contribution in [1.29, 1.82) is 0 Å². The number of carbonyl (C=O) groups excluding carboxylic acids is 1. The molecule has 4 atom stereocenters. The summed E-state index contributed by atoms with van der Waals surface area (Å²) in [6.07, 6.45) is -0.943. The van der Waals surface area contributed by atoms with Crippen LogP contribution in [-0.4, -0.2) is 42.0 Å². The van der Waals surface area contributed by atoms with Crippen molar-refractivity contribution >= 4 is 5.97 Å². The van der Waals surface area contributed by atoms with Gasteiger partial charge in [-0.25, -0.2) is 4.79 Å². The zero-order chi connectivity index (χ0) is 18.7. The molecule has 0 unspecified atom stereocenters. The first-order valence-electron chi connectivity index (χ1n) is 8.73. The average molecular weight is 358 g/mol. The van der Waals surface area contributed by atoms with Gasteiger partial charge in [-0.1, -0.05) is 17.9 Å². The summed E-state index contributed by atoms with van der Waals surface area (Å²) < 4.78 is 28.8. The summed E-state index contributed by atoms with van der Waals surface area (Å²) in [5.41, 5.74) is 0.881. The second-order valence-electron chi connectivity index (χ2n) is 7.67. The van der Waals surface area contributed by atoms with Crippen LogP contribution in [0.15, 0.2) is 18.2 Å². The minimum absolute atomic E-state index is 0.111. The molecule has 4 rings (SSSR count). The highest BCUT2D eigenvalue weighted by Gasteiger charge is 2.53. The van der Waals surface area contributed by atoms with Crippen LogP contribution in [0.25, 0.3) is 0 Å². The maximum Gasteiger partial charge on any atom is 0.346 e. The molecule has 6 nitrogen and oxygen atoms in total. The first-order chi connectivity index (χ1) is 12.2. The third kappa shape index (κ3) is 2.96. The molecular formula is C20H22O6. The molecule has 26 heavy (non-hydrogen) atoms. The molecule has 1 aromatic carbocycles. The zero-order valence-electron chi connectivity index (χ0n) is 15.5. The molecule has 0 N–H and O–H groups in total.